The van der Waals surface area contributed by atoms with Crippen molar-refractivity contribution in [2.75, 3.05) is 7.11 Å². The minimum Gasteiger partial charge on any atom is -0.497 e. The van der Waals surface area contributed by atoms with Gasteiger partial charge in [0.2, 0.25) is 0 Å². The maximum atomic E-state index is 12.7. The molecule has 25 heavy (non-hydrogen) atoms. The van der Waals surface area contributed by atoms with E-state index in [1.54, 1.807) is 12.0 Å². The predicted molar refractivity (Wildman–Crippen MR) is 103 cm³/mol. The van der Waals surface area contributed by atoms with E-state index in [1.807, 2.05) is 57.2 Å². The van der Waals surface area contributed by atoms with Crippen molar-refractivity contribution in [3.05, 3.63) is 55.1 Å². The second-order valence-corrected chi connectivity index (χ2v) is 6.98. The van der Waals surface area contributed by atoms with Gasteiger partial charge in [-0.25, -0.2) is 4.79 Å². The highest BCUT2D eigenvalue weighted by molar-refractivity contribution is 5.69. The van der Waals surface area contributed by atoms with Gasteiger partial charge in [-0.1, -0.05) is 24.3 Å². The molecule has 0 radical (unpaired) electrons. The summed E-state index contributed by atoms with van der Waals surface area (Å²) in [5, 5.41) is 0. The fourth-order valence-corrected chi connectivity index (χ4v) is 2.44. The van der Waals surface area contributed by atoms with Crippen molar-refractivity contribution in [2.24, 2.45) is 0 Å². The van der Waals surface area contributed by atoms with Crippen molar-refractivity contribution < 1.29 is 14.3 Å². The highest BCUT2D eigenvalue weighted by Gasteiger charge is 2.26. The number of carbonyl (C=O) groups is 1. The third kappa shape index (κ3) is 7.46. The lowest BCUT2D eigenvalue weighted by Crippen LogP contribution is -2.42. The van der Waals surface area contributed by atoms with E-state index in [-0.39, 0.29) is 12.1 Å². The molecular formula is C21H31NO3. The van der Waals surface area contributed by atoms with Crippen LogP contribution in [0.2, 0.25) is 0 Å². The molecule has 1 amide bonds. The highest BCUT2D eigenvalue weighted by atomic mass is 16.6. The van der Waals surface area contributed by atoms with Crippen LogP contribution in [-0.4, -0.2) is 29.7 Å². The number of nitrogens with zero attached hydrogens (tertiary/aromatic N) is 1. The molecule has 1 rings (SSSR count). The standard InChI is InChI=1S/C21H31NO3/c1-7-9-10-11-18(8-2)22(20(23)25-21(3,4)5)16-17-12-14-19(24-6)15-13-17/h7-8,12-15,18H,1-2,9-11,16H2,3-6H3/t18-/m1/s1. The molecule has 0 aliphatic carbocycles. The van der Waals surface area contributed by atoms with E-state index < -0.39 is 5.60 Å². The van der Waals surface area contributed by atoms with E-state index in [1.165, 1.54) is 0 Å². The Morgan fingerprint density at radius 1 is 1.24 bits per heavy atom. The van der Waals surface area contributed by atoms with Crippen molar-refractivity contribution in [1.29, 1.82) is 0 Å². The second kappa shape index (κ2) is 9.92. The zero-order chi connectivity index (χ0) is 18.9. The average molecular weight is 345 g/mol. The summed E-state index contributed by atoms with van der Waals surface area (Å²) in [6.07, 6.45) is 6.06. The van der Waals surface area contributed by atoms with Gasteiger partial charge in [-0.2, -0.15) is 0 Å². The molecule has 0 spiro atoms. The largest absolute Gasteiger partial charge is 0.497 e. The van der Waals surface area contributed by atoms with E-state index in [4.69, 9.17) is 9.47 Å². The van der Waals surface area contributed by atoms with Crippen LogP contribution in [0.15, 0.2) is 49.6 Å². The Bertz CT molecular complexity index is 557. The molecule has 0 saturated heterocycles. The molecule has 1 aromatic rings. The van der Waals surface area contributed by atoms with Gasteiger partial charge >= 0.3 is 6.09 Å². The Kier molecular flexibility index (Phi) is 8.26. The summed E-state index contributed by atoms with van der Waals surface area (Å²) in [5.74, 6) is 0.791. The third-order valence-electron chi connectivity index (χ3n) is 3.72. The molecule has 0 N–H and O–H groups in total. The summed E-state index contributed by atoms with van der Waals surface area (Å²) in [7, 11) is 1.63. The maximum absolute atomic E-state index is 12.7. The van der Waals surface area contributed by atoms with Crippen molar-refractivity contribution in [3.63, 3.8) is 0 Å². The van der Waals surface area contributed by atoms with E-state index in [0.29, 0.717) is 6.54 Å². The van der Waals surface area contributed by atoms with E-state index in [0.717, 1.165) is 30.6 Å². The summed E-state index contributed by atoms with van der Waals surface area (Å²) in [4.78, 5) is 14.5. The summed E-state index contributed by atoms with van der Waals surface area (Å²) >= 11 is 0. The first-order valence-corrected chi connectivity index (χ1v) is 8.66. The molecule has 4 heteroatoms. The topological polar surface area (TPSA) is 38.8 Å². The normalized spacial score (nSPS) is 12.2. The van der Waals surface area contributed by atoms with Crippen LogP contribution in [0, 0.1) is 0 Å². The minimum atomic E-state index is -0.540. The van der Waals surface area contributed by atoms with E-state index in [9.17, 15) is 4.79 Å². The Labute approximate surface area is 152 Å². The van der Waals surface area contributed by atoms with Gasteiger partial charge in [0.1, 0.15) is 11.4 Å². The fourth-order valence-electron chi connectivity index (χ4n) is 2.44. The first-order chi connectivity index (χ1) is 11.8. The Morgan fingerprint density at radius 2 is 1.88 bits per heavy atom. The van der Waals surface area contributed by atoms with Crippen LogP contribution in [-0.2, 0) is 11.3 Å². The molecule has 0 bridgehead atoms. The number of methoxy groups -OCH3 is 1. The van der Waals surface area contributed by atoms with Crippen molar-refractivity contribution in [3.8, 4) is 5.75 Å². The van der Waals surface area contributed by atoms with Crippen molar-refractivity contribution in [2.45, 2.75) is 58.2 Å². The highest BCUT2D eigenvalue weighted by Crippen LogP contribution is 2.20. The third-order valence-corrected chi connectivity index (χ3v) is 3.72. The van der Waals surface area contributed by atoms with Gasteiger partial charge in [0.05, 0.1) is 13.2 Å². The summed E-state index contributed by atoms with van der Waals surface area (Å²) in [6, 6.07) is 7.61. The molecule has 0 aromatic heterocycles. The number of unbranched alkanes of at least 4 members (excludes halogenated alkanes) is 1. The second-order valence-electron chi connectivity index (χ2n) is 6.98. The first-order valence-electron chi connectivity index (χ1n) is 8.66. The number of hydrogen-bond donors (Lipinski definition) is 0. The number of benzene rings is 1. The van der Waals surface area contributed by atoms with Crippen LogP contribution in [0.1, 0.15) is 45.6 Å². The number of rotatable bonds is 9. The summed E-state index contributed by atoms with van der Waals surface area (Å²) < 4.78 is 10.8. The number of allylic oxidation sites excluding steroid dienone is 1. The van der Waals surface area contributed by atoms with Crippen LogP contribution in [0.4, 0.5) is 4.79 Å². The zero-order valence-corrected chi connectivity index (χ0v) is 16.0. The van der Waals surface area contributed by atoms with Crippen LogP contribution >= 0.6 is 0 Å². The quantitative estimate of drug-likeness (QED) is 0.448. The smallest absolute Gasteiger partial charge is 0.411 e. The van der Waals surface area contributed by atoms with Gasteiger partial charge in [-0.05, 0) is 57.7 Å². The fraction of sp³-hybridized carbons (Fsp3) is 0.476. The molecule has 0 aliphatic heterocycles. The zero-order valence-electron chi connectivity index (χ0n) is 16.0. The van der Waals surface area contributed by atoms with Crippen LogP contribution in [0.25, 0.3) is 0 Å². The van der Waals surface area contributed by atoms with Gasteiger partial charge in [0.15, 0.2) is 0 Å². The van der Waals surface area contributed by atoms with Crippen LogP contribution < -0.4 is 4.74 Å². The lowest BCUT2D eigenvalue weighted by atomic mass is 10.1. The first kappa shape index (κ1) is 20.8. The molecular weight excluding hydrogens is 314 g/mol. The van der Waals surface area contributed by atoms with E-state index >= 15 is 0 Å². The van der Waals surface area contributed by atoms with Crippen molar-refractivity contribution >= 4 is 6.09 Å². The molecule has 4 nitrogen and oxygen atoms in total. The molecule has 0 aliphatic rings. The van der Waals surface area contributed by atoms with E-state index in [2.05, 4.69) is 13.2 Å². The van der Waals surface area contributed by atoms with Crippen molar-refractivity contribution in [1.82, 2.24) is 4.90 Å². The van der Waals surface area contributed by atoms with Gasteiger partial charge in [-0.15, -0.1) is 13.2 Å². The molecule has 0 fully saturated rings. The van der Waals surface area contributed by atoms with Gasteiger partial charge in [0.25, 0.3) is 0 Å². The summed E-state index contributed by atoms with van der Waals surface area (Å²) in [6.45, 7) is 13.7. The molecule has 138 valence electrons. The Hall–Kier alpha value is -2.23. The monoisotopic (exact) mass is 345 g/mol. The number of hydrogen-bond acceptors (Lipinski definition) is 3. The van der Waals surface area contributed by atoms with Crippen LogP contribution in [0.3, 0.4) is 0 Å². The molecule has 0 saturated carbocycles. The lowest BCUT2D eigenvalue weighted by Gasteiger charge is -2.32. The maximum Gasteiger partial charge on any atom is 0.411 e. The minimum absolute atomic E-state index is 0.0862. The molecule has 0 heterocycles. The number of ether oxygens (including phenoxy) is 2. The number of carbonyl (C=O) groups excluding carboxylic acids is 1. The van der Waals surface area contributed by atoms with Gasteiger partial charge < -0.3 is 9.47 Å². The Balaban J connectivity index is 2.96. The Morgan fingerprint density at radius 3 is 2.36 bits per heavy atom. The predicted octanol–water partition coefficient (Wildman–Crippen LogP) is 5.34. The molecule has 0 unspecified atom stereocenters. The van der Waals surface area contributed by atoms with Gasteiger partial charge in [-0.3, -0.25) is 4.90 Å². The van der Waals surface area contributed by atoms with Crippen LogP contribution in [0.5, 0.6) is 5.75 Å². The molecule has 1 atom stereocenters. The summed E-state index contributed by atoms with van der Waals surface area (Å²) in [5.41, 5.74) is 0.476. The van der Waals surface area contributed by atoms with Gasteiger partial charge in [0, 0.05) is 6.54 Å². The lowest BCUT2D eigenvalue weighted by molar-refractivity contribution is 0.0172. The molecule has 1 aromatic carbocycles. The number of amides is 1. The SMILES string of the molecule is C=CCCC[C@@H](C=C)N(Cc1ccc(OC)cc1)C(=O)OC(C)(C)C. The average Bonchev–Trinajstić information content (AvgIpc) is 2.56.